The first-order valence-corrected chi connectivity index (χ1v) is 65.8. The van der Waals surface area contributed by atoms with Crippen molar-refractivity contribution in [2.75, 3.05) is 0 Å². The topological polar surface area (TPSA) is 241 Å². The minimum Gasteiger partial charge on any atom is -0.550 e. The summed E-state index contributed by atoms with van der Waals surface area (Å²) in [5, 5.41) is 61.6. The summed E-state index contributed by atoms with van der Waals surface area (Å²) in [6, 6.07) is 0. The molecule has 12 nitrogen and oxygen atoms in total. The number of aliphatic carboxylic acids is 6. The Balaban J connectivity index is -0.000000151. The molecule has 864 valence electrons. The monoisotopic (exact) mass is 2170 g/mol. The molecule has 0 aromatic rings. The van der Waals surface area contributed by atoms with E-state index >= 15 is 0 Å². The van der Waals surface area contributed by atoms with Gasteiger partial charge in [-0.2, -0.15) is 0 Å². The molecule has 0 fully saturated rings. The van der Waals surface area contributed by atoms with E-state index in [1.54, 1.807) is 0 Å². The number of hydrogen-bond acceptors (Lipinski definition) is 12. The summed E-state index contributed by atoms with van der Waals surface area (Å²) in [7, 11) is 0. The third kappa shape index (κ3) is 204. The predicted octanol–water partition coefficient (Wildman–Crippen LogP) is 21.4. The van der Waals surface area contributed by atoms with E-state index in [2.05, 4.69) is 41.5 Å². The van der Waals surface area contributed by atoms with Gasteiger partial charge < -0.3 is 59.4 Å². The molecular weight excluding hydrogens is 1920 g/mol. The molecule has 0 aliphatic rings. The van der Waals surface area contributed by atoms with E-state index in [0.29, 0.717) is 0 Å². The summed E-state index contributed by atoms with van der Waals surface area (Å²) < 4.78 is 0. The Morgan fingerprint density at radius 2 is 0.127 bits per heavy atom. The van der Waals surface area contributed by atoms with E-state index in [1.807, 2.05) is 0 Å². The van der Waals surface area contributed by atoms with E-state index in [-0.39, 0.29) is 216 Å². The minimum atomic E-state index is -0.901. The van der Waals surface area contributed by atoms with Crippen LogP contribution in [-0.2, 0) is 28.8 Å². The van der Waals surface area contributed by atoms with Gasteiger partial charge in [0.25, 0.3) is 0 Å². The number of carbonyl (C=O) groups excluding carboxylic acids is 6. The second-order valence-corrected chi connectivity index (χ2v) is 44.9. The quantitative estimate of drug-likeness (QED) is 0.0408. The Morgan fingerprint density at radius 3 is 0.167 bits per heavy atom. The Morgan fingerprint density at radius 1 is 0.0867 bits per heavy atom. The molecule has 0 bridgehead atoms. The molecule has 0 saturated heterocycles. The molecule has 150 heavy (non-hydrogen) atoms. The molecule has 0 unspecified atom stereocenters. The standard InChI is InChI=1S/6C22H44O2.6Na/c6*1-2-3-4-5-6-7-8-9-10-11-12-13-14-15-16-17-18-19-20-21-22(23)24;;;;;;/h6*2-21H2,1H3,(H,23,24);;;;;;/q;;;;;;6*+1/p-6. The van der Waals surface area contributed by atoms with Gasteiger partial charge in [0.2, 0.25) is 0 Å². The molecule has 0 aromatic carbocycles. The maximum Gasteiger partial charge on any atom is 1.00 e. The van der Waals surface area contributed by atoms with Gasteiger partial charge in [-0.25, -0.2) is 0 Å². The van der Waals surface area contributed by atoms with Crippen molar-refractivity contribution in [3.63, 3.8) is 0 Å². The third-order valence-corrected chi connectivity index (χ3v) is 29.9. The number of carbonyl (C=O) groups is 6. The first-order valence-electron chi connectivity index (χ1n) is 65.8. The van der Waals surface area contributed by atoms with Crippen molar-refractivity contribution in [3.05, 3.63) is 0 Å². The second kappa shape index (κ2) is 174. The van der Waals surface area contributed by atoms with Gasteiger partial charge in [0.1, 0.15) is 0 Å². The Labute approximate surface area is 1070 Å². The van der Waals surface area contributed by atoms with Crippen LogP contribution in [0.15, 0.2) is 0 Å². The van der Waals surface area contributed by atoms with Gasteiger partial charge in [-0.15, -0.1) is 0 Å². The molecule has 0 aliphatic carbocycles. The molecule has 0 radical (unpaired) electrons. The van der Waals surface area contributed by atoms with Crippen molar-refractivity contribution in [2.24, 2.45) is 0 Å². The fourth-order valence-electron chi connectivity index (χ4n) is 20.1. The number of carboxylic acids is 6. The molecule has 0 atom stereocenters. The van der Waals surface area contributed by atoms with E-state index in [9.17, 15) is 59.4 Å². The van der Waals surface area contributed by atoms with Crippen LogP contribution in [0.5, 0.6) is 0 Å². The van der Waals surface area contributed by atoms with Gasteiger partial charge in [0.05, 0.1) is 0 Å². The smallest absolute Gasteiger partial charge is 0.550 e. The molecule has 0 heterocycles. The van der Waals surface area contributed by atoms with Gasteiger partial charge in [0.15, 0.2) is 0 Å². The maximum atomic E-state index is 10.3. The maximum absolute atomic E-state index is 10.3. The van der Waals surface area contributed by atoms with Crippen molar-refractivity contribution in [3.8, 4) is 0 Å². The first-order chi connectivity index (χ1) is 70.6. The summed E-state index contributed by atoms with van der Waals surface area (Å²) >= 11 is 0. The van der Waals surface area contributed by atoms with Gasteiger partial charge in [-0.3, -0.25) is 0 Å². The number of carboxylic acid groups (broad SMARTS) is 6. The van der Waals surface area contributed by atoms with Gasteiger partial charge in [0, 0.05) is 35.8 Å². The molecule has 0 aliphatic heterocycles. The van der Waals surface area contributed by atoms with Crippen LogP contribution in [0.25, 0.3) is 0 Å². The van der Waals surface area contributed by atoms with Crippen LogP contribution in [0.4, 0.5) is 0 Å². The fraction of sp³-hybridized carbons (Fsp3) is 0.955. The third-order valence-electron chi connectivity index (χ3n) is 29.9. The van der Waals surface area contributed by atoms with Crippen molar-refractivity contribution < 1.29 is 237 Å². The molecule has 0 rings (SSSR count). The van der Waals surface area contributed by atoms with Crippen LogP contribution in [0.1, 0.15) is 812 Å². The minimum absolute atomic E-state index is 0. The SMILES string of the molecule is CCCCCCCCCCCCCCCCCCCCCC(=O)[O-].CCCCCCCCCCCCCCCCCCCCCC(=O)[O-].CCCCCCCCCCCCCCCCCCCCCC(=O)[O-].CCCCCCCCCCCCCCCCCCCCCC(=O)[O-].CCCCCCCCCCCCCCCCCCCCCC(=O)[O-].CCCCCCCCCCCCCCCCCCCCCC(=O)[O-].[Na+].[Na+].[Na+].[Na+].[Na+].[Na+]. The average molecular weight is 2180 g/mol. The number of unbranched alkanes of at least 4 members (excludes halogenated alkanes) is 108. The molecule has 0 spiro atoms. The Hall–Kier alpha value is 2.82. The molecule has 0 aromatic heterocycles. The fourth-order valence-corrected chi connectivity index (χ4v) is 20.1. The van der Waals surface area contributed by atoms with Crippen molar-refractivity contribution >= 4 is 35.8 Å². The van der Waals surface area contributed by atoms with Gasteiger partial charge >= 0.3 is 177 Å². The summed E-state index contributed by atoms with van der Waals surface area (Å²) in [5.74, 6) is -5.41. The first kappa shape index (κ1) is 178. The van der Waals surface area contributed by atoms with Crippen molar-refractivity contribution in [1.29, 1.82) is 0 Å². The molecule has 18 heteroatoms. The van der Waals surface area contributed by atoms with Crippen LogP contribution in [0, 0.1) is 0 Å². The van der Waals surface area contributed by atoms with Crippen LogP contribution in [-0.4, -0.2) is 35.8 Å². The van der Waals surface area contributed by atoms with Crippen molar-refractivity contribution in [1.82, 2.24) is 0 Å². The summed E-state index contributed by atoms with van der Waals surface area (Å²) in [6.07, 6.45) is 154. The zero-order valence-corrected chi connectivity index (χ0v) is 117. The molecular formula is C132H258Na6O12. The van der Waals surface area contributed by atoms with Crippen molar-refractivity contribution in [2.45, 2.75) is 812 Å². The average Bonchev–Trinajstić information content (AvgIpc) is 1.11. The normalized spacial score (nSPS) is 10.6. The zero-order chi connectivity index (χ0) is 106. The molecule has 0 saturated carbocycles. The summed E-state index contributed by atoms with van der Waals surface area (Å²) in [5.41, 5.74) is 0. The van der Waals surface area contributed by atoms with Crippen LogP contribution in [0.2, 0.25) is 0 Å². The van der Waals surface area contributed by atoms with E-state index < -0.39 is 35.8 Å². The molecule has 0 N–H and O–H groups in total. The summed E-state index contributed by atoms with van der Waals surface area (Å²) in [4.78, 5) is 61.6. The van der Waals surface area contributed by atoms with Gasteiger partial charge in [-0.05, 0) is 77.0 Å². The largest absolute Gasteiger partial charge is 1.00 e. The van der Waals surface area contributed by atoms with Gasteiger partial charge in [-0.1, -0.05) is 735 Å². The van der Waals surface area contributed by atoms with E-state index in [1.165, 1.54) is 655 Å². The van der Waals surface area contributed by atoms with E-state index in [0.717, 1.165) is 77.0 Å². The Kier molecular flexibility index (Phi) is 206. The Bertz CT molecular complexity index is 1940. The van der Waals surface area contributed by atoms with E-state index in [4.69, 9.17) is 0 Å². The molecule has 0 amide bonds. The number of hydrogen-bond donors (Lipinski definition) is 0. The predicted molar refractivity (Wildman–Crippen MR) is 618 cm³/mol. The second-order valence-electron chi connectivity index (χ2n) is 44.9. The van der Waals surface area contributed by atoms with Crippen LogP contribution in [0.3, 0.4) is 0 Å². The zero-order valence-electron chi connectivity index (χ0n) is 105. The van der Waals surface area contributed by atoms with Crippen LogP contribution < -0.4 is 208 Å². The number of rotatable bonds is 120. The summed E-state index contributed by atoms with van der Waals surface area (Å²) in [6.45, 7) is 13.7. The van der Waals surface area contributed by atoms with Crippen LogP contribution >= 0.6 is 0 Å².